The van der Waals surface area contributed by atoms with Crippen molar-refractivity contribution < 1.29 is 56.5 Å². The van der Waals surface area contributed by atoms with Crippen molar-refractivity contribution in [3.63, 3.8) is 0 Å². The molecule has 1 heterocycles. The van der Waals surface area contributed by atoms with Gasteiger partial charge in [0.25, 0.3) is 0 Å². The molecule has 1 aliphatic carbocycles. The van der Waals surface area contributed by atoms with Crippen LogP contribution in [0.2, 0.25) is 0 Å². The van der Waals surface area contributed by atoms with Crippen molar-refractivity contribution in [2.24, 2.45) is 5.41 Å². The first-order valence-corrected chi connectivity index (χ1v) is 3.15. The molecule has 1 saturated heterocycles. The number of rotatable bonds is 0. The van der Waals surface area contributed by atoms with Gasteiger partial charge in [-0.1, -0.05) is 0 Å². The molecule has 2 rings (SSSR count). The Labute approximate surface area is 97.8 Å². The second kappa shape index (κ2) is 2.89. The number of aliphatic hydroxyl groups is 1. The molecule has 0 aromatic carbocycles. The van der Waals surface area contributed by atoms with E-state index in [2.05, 4.69) is 5.32 Å². The molecular weight excluding hydrogens is 141 g/mol. The van der Waals surface area contributed by atoms with Crippen molar-refractivity contribution in [2.45, 2.75) is 18.9 Å². The van der Waals surface area contributed by atoms with Crippen LogP contribution in [0.15, 0.2) is 0 Å². The first-order valence-electron chi connectivity index (χ1n) is 3.15. The van der Waals surface area contributed by atoms with Crippen LogP contribution in [0.5, 0.6) is 0 Å². The summed E-state index contributed by atoms with van der Waals surface area (Å²) in [6.45, 7) is 1.62. The topological polar surface area (TPSA) is 34.3 Å². The van der Waals surface area contributed by atoms with Gasteiger partial charge >= 0.3 is 51.4 Å². The first-order chi connectivity index (χ1) is 3.83. The molecule has 0 aromatic rings. The van der Waals surface area contributed by atoms with E-state index in [9.17, 15) is 5.11 Å². The molecule has 0 aromatic heterocycles. The average molecular weight is 151 g/mol. The predicted molar refractivity (Wildman–Crippen MR) is 30.8 cm³/mol. The molecule has 1 N–H and O–H groups in total. The van der Waals surface area contributed by atoms with E-state index >= 15 is 0 Å². The van der Waals surface area contributed by atoms with Gasteiger partial charge in [-0.05, 0) is 18.3 Å². The van der Waals surface area contributed by atoms with Crippen LogP contribution in [0, 0.1) is 5.41 Å². The Bertz CT molecular complexity index is 114. The van der Waals surface area contributed by atoms with Gasteiger partial charge in [-0.25, -0.2) is 0 Å². The molecule has 0 bridgehead atoms. The van der Waals surface area contributed by atoms with Gasteiger partial charge < -0.3 is 10.4 Å². The molecule has 2 fully saturated rings. The first kappa shape index (κ1) is 8.65. The molecule has 3 heteroatoms. The van der Waals surface area contributed by atoms with Crippen LogP contribution in [0.1, 0.15) is 12.8 Å². The third-order valence-electron chi connectivity index (χ3n) is 2.33. The summed E-state index contributed by atoms with van der Waals surface area (Å²) < 4.78 is 0. The maximum absolute atomic E-state index is 9.23. The second-order valence-corrected chi connectivity index (χ2v) is 2.94. The number of hydrogen-bond acceptors (Lipinski definition) is 1. The Morgan fingerprint density at radius 3 is 2.33 bits per heavy atom. The summed E-state index contributed by atoms with van der Waals surface area (Å²) in [5.41, 5.74) is 0.292. The molecule has 9 heavy (non-hydrogen) atoms. The molecule has 0 radical (unpaired) electrons. The summed E-state index contributed by atoms with van der Waals surface area (Å²) in [4.78, 5) is 0. The molecule has 0 amide bonds. The smallest absolute Gasteiger partial charge is 0.660 e. The van der Waals surface area contributed by atoms with E-state index in [0.29, 0.717) is 12.0 Å². The van der Waals surface area contributed by atoms with E-state index < -0.39 is 0 Å². The van der Waals surface area contributed by atoms with Crippen molar-refractivity contribution in [3.8, 4) is 0 Å². The van der Waals surface area contributed by atoms with E-state index in [-0.39, 0.29) is 57.5 Å². The second-order valence-electron chi connectivity index (χ2n) is 2.94. The predicted octanol–water partition coefficient (Wildman–Crippen LogP) is -2.48. The fourth-order valence-electron chi connectivity index (χ4n) is 1.36. The van der Waals surface area contributed by atoms with Gasteiger partial charge in [-0.2, -0.15) is 0 Å². The molecule has 46 valence electrons. The Morgan fingerprint density at radius 1 is 1.44 bits per heavy atom. The van der Waals surface area contributed by atoms with E-state index in [1.807, 2.05) is 0 Å². The third kappa shape index (κ3) is 1.43. The minimum Gasteiger partial charge on any atom is -0.660 e. The van der Waals surface area contributed by atoms with Crippen LogP contribution in [-0.2, 0) is 0 Å². The monoisotopic (exact) mass is 151 g/mol. The maximum atomic E-state index is 9.23. The minimum absolute atomic E-state index is 0. The minimum atomic E-state index is -0.0949. The van der Waals surface area contributed by atoms with Crippen molar-refractivity contribution in [3.05, 3.63) is 5.32 Å². The molecule has 2 nitrogen and oxygen atoms in total. The van der Waals surface area contributed by atoms with Crippen molar-refractivity contribution in [1.29, 1.82) is 0 Å². The van der Waals surface area contributed by atoms with Crippen molar-refractivity contribution in [1.82, 2.24) is 0 Å². The molecule has 1 saturated carbocycles. The third-order valence-corrected chi connectivity index (χ3v) is 2.33. The van der Waals surface area contributed by atoms with Crippen LogP contribution >= 0.6 is 0 Å². The normalized spacial score (nSPS) is 36.3. The van der Waals surface area contributed by atoms with E-state index in [4.69, 9.17) is 0 Å². The number of hydrogen-bond donors (Lipinski definition) is 1. The Morgan fingerprint density at radius 2 is 2.11 bits per heavy atom. The molecular formula is C6H10KNO. The molecule has 1 aliphatic heterocycles. The van der Waals surface area contributed by atoms with Crippen molar-refractivity contribution in [2.75, 3.05) is 13.1 Å². The zero-order valence-corrected chi connectivity index (χ0v) is 8.92. The van der Waals surface area contributed by atoms with E-state index in [1.165, 1.54) is 12.8 Å². The van der Waals surface area contributed by atoms with Gasteiger partial charge in [0, 0.05) is 6.10 Å². The summed E-state index contributed by atoms with van der Waals surface area (Å²) in [6.07, 6.45) is 2.32. The molecule has 1 unspecified atom stereocenters. The van der Waals surface area contributed by atoms with Crippen LogP contribution in [-0.4, -0.2) is 24.3 Å². The summed E-state index contributed by atoms with van der Waals surface area (Å²) in [5.74, 6) is 0. The maximum Gasteiger partial charge on any atom is 1.00 e. The van der Waals surface area contributed by atoms with Gasteiger partial charge in [0.15, 0.2) is 0 Å². The van der Waals surface area contributed by atoms with Gasteiger partial charge in [-0.15, -0.1) is 13.1 Å². The fourth-order valence-corrected chi connectivity index (χ4v) is 1.36. The molecule has 1 atom stereocenters. The Kier molecular flexibility index (Phi) is 2.78. The summed E-state index contributed by atoms with van der Waals surface area (Å²) in [7, 11) is 0. The van der Waals surface area contributed by atoms with Crippen molar-refractivity contribution >= 4 is 0 Å². The fraction of sp³-hybridized carbons (Fsp3) is 1.00. The largest absolute Gasteiger partial charge is 1.00 e. The zero-order valence-electron chi connectivity index (χ0n) is 5.80. The number of aliphatic hydroxyl groups excluding tert-OH is 1. The molecule has 2 aliphatic rings. The quantitative estimate of drug-likeness (QED) is 0.382. The molecule has 1 spiro atoms. The Hall–Kier alpha value is 1.56. The van der Waals surface area contributed by atoms with Gasteiger partial charge in [0.05, 0.1) is 0 Å². The van der Waals surface area contributed by atoms with Crippen LogP contribution in [0.3, 0.4) is 0 Å². The SMILES string of the molecule is OC1C[N-]CC12CC2.[K+]. The number of nitrogens with zero attached hydrogens (tertiary/aromatic N) is 1. The van der Waals surface area contributed by atoms with Crippen LogP contribution in [0.25, 0.3) is 5.32 Å². The van der Waals surface area contributed by atoms with Gasteiger partial charge in [0.1, 0.15) is 0 Å². The zero-order chi connectivity index (χ0) is 5.61. The summed E-state index contributed by atoms with van der Waals surface area (Å²) in [5, 5.41) is 13.4. The standard InChI is InChI=1S/C6H10NO.K/c8-5-3-7-4-6(5)1-2-6;/h5,8H,1-4H2;/q-1;+1. The Balaban J connectivity index is 0.000000405. The van der Waals surface area contributed by atoms with Gasteiger partial charge in [-0.3, -0.25) is 0 Å². The summed E-state index contributed by atoms with van der Waals surface area (Å²) >= 11 is 0. The van der Waals surface area contributed by atoms with Crippen LogP contribution in [0.4, 0.5) is 0 Å². The van der Waals surface area contributed by atoms with E-state index in [1.54, 1.807) is 0 Å². The summed E-state index contributed by atoms with van der Waals surface area (Å²) in [6, 6.07) is 0. The average Bonchev–Trinajstić information content (AvgIpc) is 2.39. The van der Waals surface area contributed by atoms with Gasteiger partial charge in [0.2, 0.25) is 0 Å². The van der Waals surface area contributed by atoms with E-state index in [0.717, 1.165) is 6.54 Å². The van der Waals surface area contributed by atoms with Crippen LogP contribution < -0.4 is 51.4 Å².